The van der Waals surface area contributed by atoms with E-state index in [0.29, 0.717) is 69.5 Å². The Labute approximate surface area is 309 Å². The van der Waals surface area contributed by atoms with Crippen molar-refractivity contribution >= 4 is 94.1 Å². The van der Waals surface area contributed by atoms with Crippen molar-refractivity contribution < 1.29 is 4.79 Å². The molecule has 0 aliphatic heterocycles. The van der Waals surface area contributed by atoms with E-state index in [1.165, 1.54) is 6.92 Å². The van der Waals surface area contributed by atoms with Crippen LogP contribution in [0.25, 0.3) is 33.2 Å². The Morgan fingerprint density at radius 2 is 1.10 bits per heavy atom. The van der Waals surface area contributed by atoms with Crippen LogP contribution < -0.4 is 22.2 Å². The normalized spacial score (nSPS) is 11.2. The van der Waals surface area contributed by atoms with E-state index < -0.39 is 0 Å². The summed E-state index contributed by atoms with van der Waals surface area (Å²) in [5.74, 6) is 1.19. The summed E-state index contributed by atoms with van der Waals surface area (Å²) >= 11 is 18.8. The van der Waals surface area contributed by atoms with E-state index in [4.69, 9.17) is 38.9 Å². The van der Waals surface area contributed by atoms with Crippen molar-refractivity contribution in [2.45, 2.75) is 46.5 Å². The number of halogens is 4. The van der Waals surface area contributed by atoms with E-state index in [0.717, 1.165) is 5.69 Å². The predicted molar refractivity (Wildman–Crippen MR) is 207 cm³/mol. The minimum absolute atomic E-state index is 0.0131. The fraction of sp³-hybridized carbons (Fsp3) is 0.194. The Kier molecular flexibility index (Phi) is 11.0. The molecule has 252 valence electrons. The minimum atomic E-state index is -0.191. The van der Waals surface area contributed by atoms with E-state index in [1.54, 1.807) is 69.8 Å². The van der Waals surface area contributed by atoms with Gasteiger partial charge < -0.3 is 11.1 Å². The lowest BCUT2D eigenvalue weighted by atomic mass is 10.1. The summed E-state index contributed by atoms with van der Waals surface area (Å²) in [6.45, 7) is 9.39. The number of carbonyl (C=O) groups is 1. The molecule has 0 aliphatic carbocycles. The molecule has 0 aliphatic rings. The second kappa shape index (κ2) is 14.8. The minimum Gasteiger partial charge on any atom is -0.398 e. The number of nitrogen functional groups attached to an aromatic ring is 1. The van der Waals surface area contributed by atoms with Crippen LogP contribution in [0.3, 0.4) is 0 Å². The molecular weight excluding hydrogens is 795 g/mol. The number of hydrogen-bond acceptors (Lipinski definition) is 6. The molecule has 2 heterocycles. The number of hydrogen-bond donors (Lipinski definition) is 2. The summed E-state index contributed by atoms with van der Waals surface area (Å²) in [7, 11) is 0. The maximum absolute atomic E-state index is 13.2. The lowest BCUT2D eigenvalue weighted by Crippen LogP contribution is -2.25. The summed E-state index contributed by atoms with van der Waals surface area (Å²) < 4.78 is 4.48. The van der Waals surface area contributed by atoms with Gasteiger partial charge in [0.25, 0.3) is 11.1 Å². The number of fused-ring (bicyclic) bond motifs is 2. The zero-order chi connectivity index (χ0) is 35.7. The first-order chi connectivity index (χ1) is 23.2. The first-order valence-electron chi connectivity index (χ1n) is 15.2. The standard InChI is InChI=1S/C19H17BrClN3O2.C17H15BrClN3O/c1-10(2)18-23-17-14(8-9-15(16(17)20)22-11(3)25)19(26)24(18)13-6-4-12(21)5-7-13;1-9(2)16-21-15-12(7-8-13(20)14(15)18)17(23)22(16)11-5-3-10(19)4-6-11/h4-10H,1-3H3,(H,22,25);3-9H,20H2,1-2H3. The van der Waals surface area contributed by atoms with Crippen LogP contribution in [0.15, 0.2) is 91.3 Å². The van der Waals surface area contributed by atoms with Crippen LogP contribution in [0.2, 0.25) is 10.0 Å². The molecule has 0 bridgehead atoms. The average Bonchev–Trinajstić information content (AvgIpc) is 3.05. The molecule has 6 rings (SSSR count). The molecule has 1 amide bonds. The third-order valence-corrected chi connectivity index (χ3v) is 9.69. The highest BCUT2D eigenvalue weighted by molar-refractivity contribution is 9.11. The third kappa shape index (κ3) is 7.45. The van der Waals surface area contributed by atoms with Crippen LogP contribution in [-0.4, -0.2) is 25.0 Å². The molecule has 6 aromatic rings. The van der Waals surface area contributed by atoms with Crippen LogP contribution in [-0.2, 0) is 4.79 Å². The molecule has 49 heavy (non-hydrogen) atoms. The fourth-order valence-electron chi connectivity index (χ4n) is 5.23. The highest BCUT2D eigenvalue weighted by Gasteiger charge is 2.20. The smallest absolute Gasteiger partial charge is 0.266 e. The molecule has 4 aromatic carbocycles. The summed E-state index contributed by atoms with van der Waals surface area (Å²) in [4.78, 5) is 47.1. The van der Waals surface area contributed by atoms with E-state index >= 15 is 0 Å². The second-order valence-corrected chi connectivity index (χ2v) is 14.3. The Balaban J connectivity index is 0.000000192. The van der Waals surface area contributed by atoms with Gasteiger partial charge in [0.15, 0.2) is 0 Å². The lowest BCUT2D eigenvalue weighted by Gasteiger charge is -2.17. The zero-order valence-corrected chi connectivity index (χ0v) is 31.9. The largest absolute Gasteiger partial charge is 0.398 e. The number of benzene rings is 4. The van der Waals surface area contributed by atoms with E-state index in [2.05, 4.69) is 37.2 Å². The monoisotopic (exact) mass is 824 g/mol. The van der Waals surface area contributed by atoms with Gasteiger partial charge in [0.1, 0.15) is 11.6 Å². The van der Waals surface area contributed by atoms with Crippen molar-refractivity contribution in [3.63, 3.8) is 0 Å². The Morgan fingerprint density at radius 3 is 1.51 bits per heavy atom. The molecule has 3 N–H and O–H groups in total. The van der Waals surface area contributed by atoms with Gasteiger partial charge in [0, 0.05) is 34.5 Å². The molecule has 0 fully saturated rings. The number of anilines is 2. The van der Waals surface area contributed by atoms with Crippen LogP contribution in [0.4, 0.5) is 11.4 Å². The number of carbonyl (C=O) groups excluding carboxylic acids is 1. The number of nitrogens with zero attached hydrogens (tertiary/aromatic N) is 4. The van der Waals surface area contributed by atoms with Gasteiger partial charge in [0.05, 0.1) is 47.8 Å². The quantitative estimate of drug-likeness (QED) is 0.167. The highest BCUT2D eigenvalue weighted by Crippen LogP contribution is 2.31. The first kappa shape index (κ1) is 36.3. The van der Waals surface area contributed by atoms with Gasteiger partial charge >= 0.3 is 0 Å². The molecule has 0 saturated carbocycles. The lowest BCUT2D eigenvalue weighted by molar-refractivity contribution is -0.114. The van der Waals surface area contributed by atoms with E-state index in [-0.39, 0.29) is 28.9 Å². The van der Waals surface area contributed by atoms with Gasteiger partial charge in [-0.25, -0.2) is 9.97 Å². The average molecular weight is 827 g/mol. The molecule has 13 heteroatoms. The molecule has 0 atom stereocenters. The summed E-state index contributed by atoms with van der Waals surface area (Å²) in [6, 6.07) is 21.0. The Morgan fingerprint density at radius 1 is 0.694 bits per heavy atom. The number of amides is 1. The Bertz CT molecular complexity index is 2340. The fourth-order valence-corrected chi connectivity index (χ4v) is 6.45. The maximum Gasteiger partial charge on any atom is 0.266 e. The van der Waals surface area contributed by atoms with Crippen molar-refractivity contribution in [2.75, 3.05) is 11.1 Å². The third-order valence-electron chi connectivity index (χ3n) is 7.55. The summed E-state index contributed by atoms with van der Waals surface area (Å²) in [5.41, 5.74) is 9.32. The zero-order valence-electron chi connectivity index (χ0n) is 27.2. The van der Waals surface area contributed by atoms with Gasteiger partial charge in [-0.2, -0.15) is 0 Å². The van der Waals surface area contributed by atoms with Crippen molar-refractivity contribution in [1.82, 2.24) is 19.1 Å². The molecule has 0 radical (unpaired) electrons. The number of aromatic nitrogens is 4. The Hall–Kier alpha value is -4.03. The molecule has 9 nitrogen and oxygen atoms in total. The topological polar surface area (TPSA) is 125 Å². The van der Waals surface area contributed by atoms with Gasteiger partial charge in [0.2, 0.25) is 5.91 Å². The molecule has 0 unspecified atom stereocenters. The van der Waals surface area contributed by atoms with Gasteiger partial charge in [-0.05, 0) is 105 Å². The molecule has 0 saturated heterocycles. The van der Waals surface area contributed by atoms with E-state index in [1.807, 2.05) is 39.8 Å². The summed E-state index contributed by atoms with van der Waals surface area (Å²) in [6.07, 6.45) is 0. The van der Waals surface area contributed by atoms with Crippen molar-refractivity contribution in [1.29, 1.82) is 0 Å². The predicted octanol–water partition coefficient (Wildman–Crippen LogP) is 9.39. The number of nitrogens with two attached hydrogens (primary N) is 1. The number of nitrogens with one attached hydrogen (secondary N) is 1. The maximum atomic E-state index is 13.2. The SMILES string of the molecule is CC(=O)Nc1ccc2c(=O)n(-c3ccc(Cl)cc3)c(C(C)C)nc2c1Br.CC(C)c1nc2c(Br)c(N)ccc2c(=O)n1-c1ccc(Cl)cc1. The van der Waals surface area contributed by atoms with E-state index in [9.17, 15) is 14.4 Å². The van der Waals surface area contributed by atoms with Crippen LogP contribution in [0.5, 0.6) is 0 Å². The number of rotatable bonds is 5. The van der Waals surface area contributed by atoms with Gasteiger partial charge in [-0.15, -0.1) is 0 Å². The first-order valence-corrected chi connectivity index (χ1v) is 17.6. The van der Waals surface area contributed by atoms with Crippen LogP contribution in [0.1, 0.15) is 58.1 Å². The van der Waals surface area contributed by atoms with Crippen LogP contribution in [0, 0.1) is 0 Å². The molecule has 0 spiro atoms. The second-order valence-electron chi connectivity index (χ2n) is 11.9. The summed E-state index contributed by atoms with van der Waals surface area (Å²) in [5, 5.41) is 4.94. The van der Waals surface area contributed by atoms with Gasteiger partial charge in [-0.1, -0.05) is 50.9 Å². The van der Waals surface area contributed by atoms with Crippen LogP contribution >= 0.6 is 55.1 Å². The van der Waals surface area contributed by atoms with Crippen molar-refractivity contribution in [3.8, 4) is 11.4 Å². The molecular formula is C36H32Br2Cl2N6O3. The molecule has 2 aromatic heterocycles. The van der Waals surface area contributed by atoms with Crippen molar-refractivity contribution in [3.05, 3.63) is 124 Å². The highest BCUT2D eigenvalue weighted by atomic mass is 79.9. The van der Waals surface area contributed by atoms with Gasteiger partial charge in [-0.3, -0.25) is 23.5 Å². The van der Waals surface area contributed by atoms with Crippen molar-refractivity contribution in [2.24, 2.45) is 0 Å².